The summed E-state index contributed by atoms with van der Waals surface area (Å²) in [5.74, 6) is -0.809. The number of likely N-dealkylation sites (tertiary alicyclic amines) is 1. The van der Waals surface area contributed by atoms with E-state index in [0.29, 0.717) is 35.6 Å². The molecule has 4 aliphatic heterocycles. The van der Waals surface area contributed by atoms with Gasteiger partial charge in [0, 0.05) is 83.5 Å². The number of amides is 4. The fourth-order valence-corrected chi connectivity index (χ4v) is 9.61. The van der Waals surface area contributed by atoms with Crippen molar-refractivity contribution in [3.8, 4) is 0 Å². The van der Waals surface area contributed by atoms with E-state index >= 15 is 4.39 Å². The maximum Gasteiger partial charge on any atom is 0.270 e. The van der Waals surface area contributed by atoms with Crippen molar-refractivity contribution in [1.29, 1.82) is 0 Å². The number of carbonyl (C=O) groups is 4. The second kappa shape index (κ2) is 15.7. The Hall–Kier alpha value is -5.48. The van der Waals surface area contributed by atoms with Gasteiger partial charge in [-0.15, -0.1) is 0 Å². The number of rotatable bonds is 9. The number of imide groups is 1. The van der Waals surface area contributed by atoms with Gasteiger partial charge in [-0.1, -0.05) is 18.9 Å². The molecule has 4 amide bonds. The average Bonchev–Trinajstić information content (AvgIpc) is 3.96. The molecule has 304 valence electrons. The van der Waals surface area contributed by atoms with E-state index in [0.717, 1.165) is 100 Å². The summed E-state index contributed by atoms with van der Waals surface area (Å²) < 4.78 is 17.4. The molecule has 5 aliphatic rings. The average molecular weight is 792 g/mol. The first-order valence-corrected chi connectivity index (χ1v) is 20.6. The van der Waals surface area contributed by atoms with Crippen molar-refractivity contribution in [2.45, 2.75) is 82.6 Å². The maximum absolute atomic E-state index is 15.3. The molecule has 15 nitrogen and oxygen atoms in total. The third-order valence-electron chi connectivity index (χ3n) is 12.7. The van der Waals surface area contributed by atoms with E-state index in [1.165, 1.54) is 11.0 Å². The van der Waals surface area contributed by atoms with Gasteiger partial charge in [0.05, 0.1) is 17.4 Å². The first kappa shape index (κ1) is 38.1. The number of nitrogens with one attached hydrogen (secondary N) is 2. The van der Waals surface area contributed by atoms with Crippen molar-refractivity contribution < 1.29 is 23.6 Å². The number of hydrogen-bond donors (Lipinski definition) is 2. The van der Waals surface area contributed by atoms with Crippen LogP contribution in [0.25, 0.3) is 11.0 Å². The summed E-state index contributed by atoms with van der Waals surface area (Å²) in [6, 6.07) is 9.29. The van der Waals surface area contributed by atoms with Gasteiger partial charge in [-0.3, -0.25) is 34.3 Å². The Bertz CT molecular complexity index is 2240. The third-order valence-corrected chi connectivity index (χ3v) is 12.7. The van der Waals surface area contributed by atoms with Crippen LogP contribution in [-0.2, 0) is 22.7 Å². The van der Waals surface area contributed by atoms with Crippen LogP contribution >= 0.6 is 0 Å². The van der Waals surface area contributed by atoms with Crippen molar-refractivity contribution in [2.75, 3.05) is 63.6 Å². The highest BCUT2D eigenvalue weighted by molar-refractivity contribution is 6.05. The van der Waals surface area contributed by atoms with Gasteiger partial charge in [-0.05, 0) is 80.6 Å². The molecule has 4 fully saturated rings. The molecule has 1 atom stereocenters. The molecule has 4 aromatic rings. The molecular formula is C42H50FN11O4. The Kier molecular flexibility index (Phi) is 10.3. The molecule has 3 saturated heterocycles. The first-order valence-electron chi connectivity index (χ1n) is 20.6. The molecular weight excluding hydrogens is 742 g/mol. The molecule has 1 unspecified atom stereocenters. The minimum absolute atomic E-state index is 0.0332. The van der Waals surface area contributed by atoms with Gasteiger partial charge in [0.15, 0.2) is 0 Å². The van der Waals surface area contributed by atoms with Gasteiger partial charge in [0.1, 0.15) is 29.0 Å². The SMILES string of the molecule is CN(C)C(=O)c1cc2cnc(Nc3ccc(N4CCN(C5CCN(Cc6cc(F)c7c(c6)CN(C6CCC(=O)NC6=O)C7=O)CC5)CC4)cn3)nc2n1C1CCCC1. The largest absolute Gasteiger partial charge is 0.368 e. The van der Waals surface area contributed by atoms with Gasteiger partial charge in [0.2, 0.25) is 17.8 Å². The molecule has 0 spiro atoms. The number of pyridine rings is 1. The normalized spacial score (nSPS) is 21.2. The minimum Gasteiger partial charge on any atom is -0.368 e. The van der Waals surface area contributed by atoms with Gasteiger partial charge in [-0.25, -0.2) is 14.4 Å². The highest BCUT2D eigenvalue weighted by Gasteiger charge is 2.41. The summed E-state index contributed by atoms with van der Waals surface area (Å²) in [5, 5.41) is 6.43. The quantitative estimate of drug-likeness (QED) is 0.236. The van der Waals surface area contributed by atoms with Crippen LogP contribution < -0.4 is 15.5 Å². The van der Waals surface area contributed by atoms with E-state index in [4.69, 9.17) is 9.97 Å². The zero-order valence-electron chi connectivity index (χ0n) is 33.1. The zero-order chi connectivity index (χ0) is 40.1. The number of hydrogen-bond acceptors (Lipinski definition) is 11. The van der Waals surface area contributed by atoms with E-state index < -0.39 is 23.7 Å². The summed E-state index contributed by atoms with van der Waals surface area (Å²) in [7, 11) is 3.55. The van der Waals surface area contributed by atoms with E-state index in [1.807, 2.05) is 24.4 Å². The van der Waals surface area contributed by atoms with Crippen LogP contribution in [0.15, 0.2) is 42.7 Å². The van der Waals surface area contributed by atoms with Crippen molar-refractivity contribution in [3.63, 3.8) is 0 Å². The monoisotopic (exact) mass is 791 g/mol. The van der Waals surface area contributed by atoms with Gasteiger partial charge >= 0.3 is 0 Å². The molecule has 7 heterocycles. The van der Waals surface area contributed by atoms with E-state index in [2.05, 4.69) is 41.0 Å². The van der Waals surface area contributed by atoms with Crippen LogP contribution in [0.3, 0.4) is 0 Å². The molecule has 1 aliphatic carbocycles. The second-order valence-corrected chi connectivity index (χ2v) is 16.6. The Morgan fingerprint density at radius 2 is 1.69 bits per heavy atom. The number of anilines is 3. The lowest BCUT2D eigenvalue weighted by Crippen LogP contribution is -2.53. The second-order valence-electron chi connectivity index (χ2n) is 16.6. The number of aromatic nitrogens is 4. The van der Waals surface area contributed by atoms with Crippen molar-refractivity contribution in [1.82, 2.24) is 44.4 Å². The highest BCUT2D eigenvalue weighted by Crippen LogP contribution is 2.35. The molecule has 9 rings (SSSR count). The Morgan fingerprint density at radius 1 is 0.914 bits per heavy atom. The zero-order valence-corrected chi connectivity index (χ0v) is 33.1. The molecule has 1 aromatic carbocycles. The fourth-order valence-electron chi connectivity index (χ4n) is 9.61. The van der Waals surface area contributed by atoms with Crippen molar-refractivity contribution in [3.05, 3.63) is 70.9 Å². The summed E-state index contributed by atoms with van der Waals surface area (Å²) >= 11 is 0. The predicted octanol–water partition coefficient (Wildman–Crippen LogP) is 4.07. The van der Waals surface area contributed by atoms with Crippen LogP contribution in [0.4, 0.5) is 21.8 Å². The van der Waals surface area contributed by atoms with E-state index in [9.17, 15) is 19.2 Å². The Balaban J connectivity index is 0.764. The van der Waals surface area contributed by atoms with Gasteiger partial charge in [-0.2, -0.15) is 4.98 Å². The lowest BCUT2D eigenvalue weighted by molar-refractivity contribution is -0.136. The molecule has 3 aromatic heterocycles. The number of nitrogens with zero attached hydrogens (tertiary/aromatic N) is 9. The van der Waals surface area contributed by atoms with Crippen LogP contribution in [0.2, 0.25) is 0 Å². The van der Waals surface area contributed by atoms with E-state index in [-0.39, 0.29) is 42.8 Å². The topological polar surface area (TPSA) is 152 Å². The smallest absolute Gasteiger partial charge is 0.270 e. The highest BCUT2D eigenvalue weighted by atomic mass is 19.1. The number of carbonyl (C=O) groups excluding carboxylic acids is 4. The van der Waals surface area contributed by atoms with Gasteiger partial charge < -0.3 is 24.6 Å². The van der Waals surface area contributed by atoms with Crippen LogP contribution in [0.1, 0.15) is 89.4 Å². The molecule has 0 radical (unpaired) electrons. The Morgan fingerprint density at radius 3 is 2.40 bits per heavy atom. The number of piperidine rings is 2. The van der Waals surface area contributed by atoms with Crippen molar-refractivity contribution in [2.24, 2.45) is 0 Å². The third kappa shape index (κ3) is 7.39. The summed E-state index contributed by atoms with van der Waals surface area (Å²) in [6.45, 7) is 6.32. The lowest BCUT2D eigenvalue weighted by Gasteiger charge is -2.43. The fraction of sp³-hybridized carbons (Fsp3) is 0.500. The van der Waals surface area contributed by atoms with Crippen LogP contribution in [0.5, 0.6) is 0 Å². The number of benzene rings is 1. The first-order chi connectivity index (χ1) is 28.1. The van der Waals surface area contributed by atoms with Crippen LogP contribution in [-0.4, -0.2) is 128 Å². The molecule has 58 heavy (non-hydrogen) atoms. The van der Waals surface area contributed by atoms with Gasteiger partial charge in [0.25, 0.3) is 11.8 Å². The predicted molar refractivity (Wildman–Crippen MR) is 215 cm³/mol. The molecule has 0 bridgehead atoms. The molecule has 16 heteroatoms. The number of fused-ring (bicyclic) bond motifs is 2. The molecule has 2 N–H and O–H groups in total. The lowest BCUT2D eigenvalue weighted by atomic mass is 10.0. The Labute approximate surface area is 336 Å². The summed E-state index contributed by atoms with van der Waals surface area (Å²) in [4.78, 5) is 74.7. The van der Waals surface area contributed by atoms with Crippen LogP contribution in [0, 0.1) is 5.82 Å². The number of piperazine rings is 1. The molecule has 1 saturated carbocycles. The summed E-state index contributed by atoms with van der Waals surface area (Å²) in [6.07, 6.45) is 10.5. The van der Waals surface area contributed by atoms with Crippen molar-refractivity contribution >= 4 is 52.1 Å². The minimum atomic E-state index is -0.762. The summed E-state index contributed by atoms with van der Waals surface area (Å²) in [5.41, 5.74) is 3.96. The standard InChI is InChI=1S/C42H50FN11O4/c1-49(2)40(57)34-21-27-22-45-42(48-38(27)54(34)30-5-3-4-6-30)46-35-9-7-31(23-44-35)52-17-15-51(16-18-52)29-11-13-50(14-12-29)24-26-19-28-25-53(41(58)37(28)32(43)20-26)33-8-10-36(55)47-39(33)56/h7,9,19-23,29-30,33H,3-6,8,10-18,24-25H2,1-2H3,(H,47,55,56)(H,44,45,46,48). The number of halogens is 1. The maximum atomic E-state index is 15.3. The van der Waals surface area contributed by atoms with E-state index in [1.54, 1.807) is 25.2 Å².